The first-order valence-corrected chi connectivity index (χ1v) is 8.06. The molecule has 1 atom stereocenters. The van der Waals surface area contributed by atoms with Crippen LogP contribution in [0.3, 0.4) is 0 Å². The second kappa shape index (κ2) is 8.01. The Labute approximate surface area is 153 Å². The molecule has 1 heterocycles. The molecule has 0 aliphatic heterocycles. The van der Waals surface area contributed by atoms with Gasteiger partial charge in [-0.25, -0.2) is 4.79 Å². The normalized spacial score (nSPS) is 12.4. The Hall–Kier alpha value is -2.87. The molecule has 0 unspecified atom stereocenters. The number of hydrogen-bond donors (Lipinski definition) is 2. The quantitative estimate of drug-likeness (QED) is 0.730. The van der Waals surface area contributed by atoms with Gasteiger partial charge in [0.05, 0.1) is 6.42 Å². The number of carbonyl (C=O) groups is 1. The molecule has 0 bridgehead atoms. The number of aromatic hydroxyl groups is 1. The SMILES string of the molecule is Cn1c(O)c(C=NC[C@@H](CC(=O)O)c2ccc(Cl)cc2)c(=O)n(C)c1=O. The molecule has 0 spiro atoms. The van der Waals surface area contributed by atoms with E-state index in [-0.39, 0.29) is 18.5 Å². The van der Waals surface area contributed by atoms with Crippen molar-refractivity contribution in [1.82, 2.24) is 9.13 Å². The summed E-state index contributed by atoms with van der Waals surface area (Å²) in [4.78, 5) is 39.1. The largest absolute Gasteiger partial charge is 0.494 e. The molecule has 0 amide bonds. The standard InChI is InChI=1S/C17H18ClN3O5/c1-20-15(24)13(16(25)21(2)17(20)26)9-19-8-11(7-14(22)23)10-3-5-12(18)6-4-10/h3-6,9,11,24H,7-8H2,1-2H3,(H,22,23)/t11-/m1/s1. The van der Waals surface area contributed by atoms with Gasteiger partial charge in [0.1, 0.15) is 5.56 Å². The lowest BCUT2D eigenvalue weighted by molar-refractivity contribution is -0.137. The highest BCUT2D eigenvalue weighted by Crippen LogP contribution is 2.22. The van der Waals surface area contributed by atoms with E-state index in [1.165, 1.54) is 14.1 Å². The first-order chi connectivity index (χ1) is 12.2. The monoisotopic (exact) mass is 379 g/mol. The minimum Gasteiger partial charge on any atom is -0.494 e. The second-order valence-electron chi connectivity index (χ2n) is 5.78. The summed E-state index contributed by atoms with van der Waals surface area (Å²) in [6, 6.07) is 6.75. The van der Waals surface area contributed by atoms with Crippen molar-refractivity contribution in [3.8, 4) is 5.88 Å². The molecule has 0 fully saturated rings. The Bertz CT molecular complexity index is 960. The Morgan fingerprint density at radius 1 is 1.23 bits per heavy atom. The Kier molecular flexibility index (Phi) is 5.99. The van der Waals surface area contributed by atoms with Crippen molar-refractivity contribution in [3.05, 3.63) is 61.3 Å². The lowest BCUT2D eigenvalue weighted by atomic mass is 9.96. The third kappa shape index (κ3) is 4.20. The highest BCUT2D eigenvalue weighted by Gasteiger charge is 2.16. The van der Waals surface area contributed by atoms with E-state index >= 15 is 0 Å². The summed E-state index contributed by atoms with van der Waals surface area (Å²) in [5.74, 6) is -1.91. The van der Waals surface area contributed by atoms with Crippen LogP contribution in [-0.2, 0) is 18.9 Å². The topological polar surface area (TPSA) is 114 Å². The van der Waals surface area contributed by atoms with Crippen molar-refractivity contribution in [1.29, 1.82) is 0 Å². The van der Waals surface area contributed by atoms with Crippen LogP contribution >= 0.6 is 11.6 Å². The van der Waals surface area contributed by atoms with Crippen LogP contribution in [-0.4, -0.2) is 38.1 Å². The molecule has 138 valence electrons. The number of nitrogens with zero attached hydrogens (tertiary/aromatic N) is 3. The van der Waals surface area contributed by atoms with Crippen LogP contribution in [0.15, 0.2) is 38.8 Å². The van der Waals surface area contributed by atoms with Gasteiger partial charge in [0.15, 0.2) is 0 Å². The maximum atomic E-state index is 12.1. The number of carboxylic acids is 1. The number of hydrogen-bond acceptors (Lipinski definition) is 5. The molecule has 1 aromatic carbocycles. The molecule has 0 aliphatic carbocycles. The molecular weight excluding hydrogens is 362 g/mol. The molecule has 0 radical (unpaired) electrons. The van der Waals surface area contributed by atoms with Gasteiger partial charge in [-0.15, -0.1) is 0 Å². The van der Waals surface area contributed by atoms with Crippen LogP contribution in [0.5, 0.6) is 5.88 Å². The zero-order chi connectivity index (χ0) is 19.4. The summed E-state index contributed by atoms with van der Waals surface area (Å²) in [5, 5.41) is 19.6. The molecule has 26 heavy (non-hydrogen) atoms. The van der Waals surface area contributed by atoms with Crippen LogP contribution in [0.2, 0.25) is 5.02 Å². The maximum absolute atomic E-state index is 12.1. The van der Waals surface area contributed by atoms with E-state index in [4.69, 9.17) is 16.7 Å². The fraction of sp³-hybridized carbons (Fsp3) is 0.294. The third-order valence-corrected chi connectivity index (χ3v) is 4.23. The zero-order valence-corrected chi connectivity index (χ0v) is 15.0. The van der Waals surface area contributed by atoms with Gasteiger partial charge in [-0.05, 0) is 17.7 Å². The average Bonchev–Trinajstić information content (AvgIpc) is 2.60. The minimum absolute atomic E-state index is 0.0827. The number of aromatic nitrogens is 2. The van der Waals surface area contributed by atoms with E-state index in [9.17, 15) is 19.5 Å². The predicted molar refractivity (Wildman–Crippen MR) is 97.5 cm³/mol. The molecule has 2 rings (SSSR count). The molecule has 0 saturated heterocycles. The van der Waals surface area contributed by atoms with Gasteiger partial charge in [0.2, 0.25) is 5.88 Å². The van der Waals surface area contributed by atoms with Crippen LogP contribution in [0.1, 0.15) is 23.5 Å². The van der Waals surface area contributed by atoms with Crippen molar-refractivity contribution < 1.29 is 15.0 Å². The van der Waals surface area contributed by atoms with Crippen molar-refractivity contribution in [2.24, 2.45) is 19.1 Å². The minimum atomic E-state index is -0.985. The van der Waals surface area contributed by atoms with Crippen molar-refractivity contribution in [3.63, 3.8) is 0 Å². The van der Waals surface area contributed by atoms with Gasteiger partial charge in [0, 0.05) is 37.8 Å². The molecule has 9 heteroatoms. The first kappa shape index (κ1) is 19.5. The van der Waals surface area contributed by atoms with Crippen molar-refractivity contribution in [2.75, 3.05) is 6.54 Å². The summed E-state index contributed by atoms with van der Waals surface area (Å²) in [5.41, 5.74) is -0.739. The highest BCUT2D eigenvalue weighted by molar-refractivity contribution is 6.30. The number of aliphatic carboxylic acids is 1. The Morgan fingerprint density at radius 2 is 1.85 bits per heavy atom. The van der Waals surface area contributed by atoms with Crippen LogP contribution < -0.4 is 11.2 Å². The number of benzene rings is 1. The van der Waals surface area contributed by atoms with Crippen LogP contribution in [0, 0.1) is 0 Å². The number of aliphatic imine (C=N–C) groups is 1. The van der Waals surface area contributed by atoms with Crippen molar-refractivity contribution in [2.45, 2.75) is 12.3 Å². The number of halogens is 1. The average molecular weight is 380 g/mol. The molecule has 8 nitrogen and oxygen atoms in total. The molecule has 1 aromatic heterocycles. The van der Waals surface area contributed by atoms with E-state index in [1.54, 1.807) is 24.3 Å². The number of rotatable bonds is 6. The fourth-order valence-corrected chi connectivity index (χ4v) is 2.60. The predicted octanol–water partition coefficient (Wildman–Crippen LogP) is 1.12. The summed E-state index contributed by atoms with van der Waals surface area (Å²) < 4.78 is 1.78. The molecule has 2 N–H and O–H groups in total. The van der Waals surface area contributed by atoms with Gasteiger partial charge in [-0.2, -0.15) is 0 Å². The van der Waals surface area contributed by atoms with E-state index in [2.05, 4.69) is 4.99 Å². The van der Waals surface area contributed by atoms with E-state index in [0.717, 1.165) is 20.9 Å². The fourth-order valence-electron chi connectivity index (χ4n) is 2.48. The van der Waals surface area contributed by atoms with E-state index < -0.39 is 29.0 Å². The van der Waals surface area contributed by atoms with E-state index in [1.807, 2.05) is 0 Å². The number of carboxylic acid groups (broad SMARTS) is 1. The first-order valence-electron chi connectivity index (χ1n) is 7.68. The highest BCUT2D eigenvalue weighted by atomic mass is 35.5. The summed E-state index contributed by atoms with van der Waals surface area (Å²) in [6.45, 7) is 0.0827. The molecular formula is C17H18ClN3O5. The third-order valence-electron chi connectivity index (χ3n) is 3.98. The van der Waals surface area contributed by atoms with Crippen LogP contribution in [0.25, 0.3) is 0 Å². The Morgan fingerprint density at radius 3 is 2.42 bits per heavy atom. The lowest BCUT2D eigenvalue weighted by Gasteiger charge is -2.13. The van der Waals surface area contributed by atoms with Gasteiger partial charge in [-0.1, -0.05) is 23.7 Å². The van der Waals surface area contributed by atoms with E-state index in [0.29, 0.717) is 5.02 Å². The zero-order valence-electron chi connectivity index (χ0n) is 14.2. The lowest BCUT2D eigenvalue weighted by Crippen LogP contribution is -2.38. The molecule has 0 saturated carbocycles. The molecule has 0 aliphatic rings. The van der Waals surface area contributed by atoms with Gasteiger partial charge in [0.25, 0.3) is 5.56 Å². The van der Waals surface area contributed by atoms with Crippen LogP contribution in [0.4, 0.5) is 0 Å². The van der Waals surface area contributed by atoms with Gasteiger partial charge < -0.3 is 10.2 Å². The Balaban J connectivity index is 2.32. The summed E-state index contributed by atoms with van der Waals surface area (Å²) in [7, 11) is 2.62. The summed E-state index contributed by atoms with van der Waals surface area (Å²) >= 11 is 5.85. The maximum Gasteiger partial charge on any atom is 0.333 e. The smallest absolute Gasteiger partial charge is 0.333 e. The van der Waals surface area contributed by atoms with Gasteiger partial charge in [-0.3, -0.25) is 23.7 Å². The summed E-state index contributed by atoms with van der Waals surface area (Å²) in [6.07, 6.45) is 0.998. The second-order valence-corrected chi connectivity index (χ2v) is 6.22. The van der Waals surface area contributed by atoms with Gasteiger partial charge >= 0.3 is 11.7 Å². The molecule has 2 aromatic rings. The van der Waals surface area contributed by atoms with Crippen molar-refractivity contribution >= 4 is 23.8 Å².